The number of benzene rings is 3. The Bertz CT molecular complexity index is 1490. The quantitative estimate of drug-likeness (QED) is 0.162. The Labute approximate surface area is 274 Å². The molecule has 0 spiro atoms. The number of nitrogens with zero attached hydrogens (tertiary/aromatic N) is 2. The molecule has 0 saturated carbocycles. The van der Waals surface area contributed by atoms with Crippen LogP contribution in [-0.4, -0.2) is 48.0 Å². The predicted octanol–water partition coefficient (Wildman–Crippen LogP) is 6.75. The van der Waals surface area contributed by atoms with Crippen LogP contribution in [-0.2, 0) is 30.3 Å². The van der Waals surface area contributed by atoms with Gasteiger partial charge in [-0.05, 0) is 72.9 Å². The van der Waals surface area contributed by atoms with E-state index >= 15 is 0 Å². The van der Waals surface area contributed by atoms with E-state index in [1.54, 1.807) is 48.2 Å². The van der Waals surface area contributed by atoms with E-state index in [1.165, 1.54) is 0 Å². The maximum Gasteiger partial charge on any atom is 0.305 e. The number of carbonyl (C=O) groups is 3. The Kier molecular flexibility index (Phi) is 12.4. The molecule has 4 atom stereocenters. The summed E-state index contributed by atoms with van der Waals surface area (Å²) in [6.07, 6.45) is 0.357. The average Bonchev–Trinajstić information content (AvgIpc) is 3.04. The molecule has 0 unspecified atom stereocenters. The van der Waals surface area contributed by atoms with E-state index in [0.717, 1.165) is 16.7 Å². The minimum absolute atomic E-state index is 0.182. The Hall–Kier alpha value is -3.90. The summed E-state index contributed by atoms with van der Waals surface area (Å²) in [7, 11) is 0. The summed E-state index contributed by atoms with van der Waals surface area (Å²) in [5.41, 5.74) is 2.90. The molecule has 0 radical (unpaired) electrons. The summed E-state index contributed by atoms with van der Waals surface area (Å²) in [6, 6.07) is 22.2. The molecule has 4 rings (SSSR count). The average molecular weight is 651 g/mol. The molecule has 8 nitrogen and oxygen atoms in total. The Morgan fingerprint density at radius 1 is 0.978 bits per heavy atom. The summed E-state index contributed by atoms with van der Waals surface area (Å²) < 4.78 is 11.7. The number of carbonyl (C=O) groups excluding carboxylic acids is 3. The molecule has 1 fully saturated rings. The number of amides is 2. The van der Waals surface area contributed by atoms with Gasteiger partial charge in [0.15, 0.2) is 0 Å². The van der Waals surface area contributed by atoms with Gasteiger partial charge in [0, 0.05) is 29.4 Å². The molecule has 1 aliphatic heterocycles. The highest BCUT2D eigenvalue weighted by Gasteiger charge is 2.48. The third kappa shape index (κ3) is 8.85. The zero-order valence-electron chi connectivity index (χ0n) is 25.4. The Morgan fingerprint density at radius 2 is 1.60 bits per heavy atom. The zero-order valence-corrected chi connectivity index (χ0v) is 26.9. The van der Waals surface area contributed by atoms with Gasteiger partial charge in [0.05, 0.1) is 24.3 Å². The highest BCUT2D eigenvalue weighted by molar-refractivity contribution is 6.30. The molecular formula is C35H37Cl2N3O5. The fourth-order valence-corrected chi connectivity index (χ4v) is 5.80. The van der Waals surface area contributed by atoms with Gasteiger partial charge in [-0.1, -0.05) is 72.9 Å². The highest BCUT2D eigenvalue weighted by Crippen LogP contribution is 2.44. The van der Waals surface area contributed by atoms with E-state index in [0.29, 0.717) is 41.5 Å². The number of hydrogen-bond donors (Lipinski definition) is 1. The van der Waals surface area contributed by atoms with Crippen LogP contribution in [0.1, 0.15) is 73.9 Å². The van der Waals surface area contributed by atoms with Crippen LogP contribution in [0.2, 0.25) is 10.0 Å². The zero-order chi connectivity index (χ0) is 32.3. The van der Waals surface area contributed by atoms with Crippen LogP contribution >= 0.6 is 23.2 Å². The van der Waals surface area contributed by atoms with Crippen molar-refractivity contribution in [2.45, 2.75) is 70.2 Å². The van der Waals surface area contributed by atoms with E-state index < -0.39 is 24.3 Å². The third-order valence-electron chi connectivity index (χ3n) is 7.70. The molecule has 3 aromatic rings. The van der Waals surface area contributed by atoms with E-state index in [-0.39, 0.29) is 37.2 Å². The van der Waals surface area contributed by atoms with Crippen LogP contribution in [0.3, 0.4) is 0 Å². The van der Waals surface area contributed by atoms with Crippen molar-refractivity contribution >= 4 is 41.0 Å². The third-order valence-corrected chi connectivity index (χ3v) is 8.21. The lowest BCUT2D eigenvalue weighted by Crippen LogP contribution is -2.59. The second-order valence-electron chi connectivity index (χ2n) is 10.9. The molecular weight excluding hydrogens is 613 g/mol. The first-order chi connectivity index (χ1) is 21.7. The topological polar surface area (TPSA) is 109 Å². The lowest BCUT2D eigenvalue weighted by atomic mass is 9.88. The molecule has 2 amide bonds. The molecule has 0 bridgehead atoms. The summed E-state index contributed by atoms with van der Waals surface area (Å²) in [6.45, 7) is 4.27. The van der Waals surface area contributed by atoms with Gasteiger partial charge in [0.2, 0.25) is 5.91 Å². The number of rotatable bonds is 13. The van der Waals surface area contributed by atoms with Gasteiger partial charge in [-0.25, -0.2) is 0 Å². The maximum atomic E-state index is 14.5. The first kappa shape index (κ1) is 34.0. The van der Waals surface area contributed by atoms with Gasteiger partial charge in [-0.2, -0.15) is 5.26 Å². The van der Waals surface area contributed by atoms with Gasteiger partial charge < -0.3 is 19.7 Å². The number of nitrogens with one attached hydrogen (secondary N) is 1. The molecule has 1 aliphatic rings. The van der Waals surface area contributed by atoms with Crippen LogP contribution in [0, 0.1) is 11.3 Å². The van der Waals surface area contributed by atoms with Crippen molar-refractivity contribution in [2.24, 2.45) is 0 Å². The molecule has 1 heterocycles. The van der Waals surface area contributed by atoms with Crippen LogP contribution in [0.15, 0.2) is 72.8 Å². The normalized spacial score (nSPS) is 18.6. The Balaban J connectivity index is 1.74. The first-order valence-electron chi connectivity index (χ1n) is 15.2. The van der Waals surface area contributed by atoms with Crippen molar-refractivity contribution in [3.05, 3.63) is 105 Å². The van der Waals surface area contributed by atoms with E-state index in [4.69, 9.17) is 32.7 Å². The molecule has 0 aromatic heterocycles. The Morgan fingerprint density at radius 3 is 2.18 bits per heavy atom. The number of nitriles is 1. The monoisotopic (exact) mass is 649 g/mol. The van der Waals surface area contributed by atoms with Gasteiger partial charge in [-0.15, -0.1) is 0 Å². The van der Waals surface area contributed by atoms with E-state index in [1.807, 2.05) is 43.3 Å². The number of halogens is 2. The minimum atomic E-state index is -0.905. The van der Waals surface area contributed by atoms with Gasteiger partial charge in [-0.3, -0.25) is 14.4 Å². The largest absolute Gasteiger partial charge is 0.466 e. The van der Waals surface area contributed by atoms with Crippen molar-refractivity contribution in [2.75, 3.05) is 13.2 Å². The number of esters is 1. The van der Waals surface area contributed by atoms with Crippen molar-refractivity contribution in [3.63, 3.8) is 0 Å². The smallest absolute Gasteiger partial charge is 0.305 e. The molecule has 3 aromatic carbocycles. The van der Waals surface area contributed by atoms with Crippen molar-refractivity contribution in [3.8, 4) is 6.07 Å². The molecule has 1 N–H and O–H groups in total. The minimum Gasteiger partial charge on any atom is -0.466 e. The fraction of sp³-hybridized carbons (Fsp3) is 0.371. The van der Waals surface area contributed by atoms with Gasteiger partial charge >= 0.3 is 5.97 Å². The summed E-state index contributed by atoms with van der Waals surface area (Å²) in [5.74, 6) is -0.939. The van der Waals surface area contributed by atoms with Crippen molar-refractivity contribution < 1.29 is 23.9 Å². The second-order valence-corrected chi connectivity index (χ2v) is 11.7. The van der Waals surface area contributed by atoms with Crippen LogP contribution < -0.4 is 5.32 Å². The fourth-order valence-electron chi connectivity index (χ4n) is 5.55. The van der Waals surface area contributed by atoms with Crippen molar-refractivity contribution in [1.82, 2.24) is 10.2 Å². The molecule has 1 saturated heterocycles. The molecule has 45 heavy (non-hydrogen) atoms. The van der Waals surface area contributed by atoms with Gasteiger partial charge in [0.1, 0.15) is 18.2 Å². The molecule has 236 valence electrons. The summed E-state index contributed by atoms with van der Waals surface area (Å²) in [5, 5.41) is 13.3. The maximum absolute atomic E-state index is 14.5. The highest BCUT2D eigenvalue weighted by atomic mass is 35.5. The van der Waals surface area contributed by atoms with E-state index in [2.05, 4.69) is 11.4 Å². The predicted molar refractivity (Wildman–Crippen MR) is 173 cm³/mol. The SMILES string of the molecule is CCC[C@H](C(=O)NCCCC(=O)OCC)N1C(=O)[C@H](Cc2ccc(C#N)cc2)O[C@@H](c2ccc(Cl)cc2)[C@H]1c1ccc(Cl)cc1. The molecule has 10 heteroatoms. The lowest BCUT2D eigenvalue weighted by Gasteiger charge is -2.47. The van der Waals surface area contributed by atoms with Crippen molar-refractivity contribution in [1.29, 1.82) is 5.26 Å². The van der Waals surface area contributed by atoms with Crippen LogP contribution in [0.4, 0.5) is 0 Å². The van der Waals surface area contributed by atoms with Crippen LogP contribution in [0.25, 0.3) is 0 Å². The summed E-state index contributed by atoms with van der Waals surface area (Å²) in [4.78, 5) is 41.9. The number of hydrogen-bond acceptors (Lipinski definition) is 6. The summed E-state index contributed by atoms with van der Waals surface area (Å²) >= 11 is 12.5. The lowest BCUT2D eigenvalue weighted by molar-refractivity contribution is -0.181. The van der Waals surface area contributed by atoms with Crippen LogP contribution in [0.5, 0.6) is 0 Å². The molecule has 0 aliphatic carbocycles. The number of morpholine rings is 1. The number of ether oxygens (including phenoxy) is 2. The second kappa shape index (κ2) is 16.4. The van der Waals surface area contributed by atoms with Gasteiger partial charge in [0.25, 0.3) is 5.91 Å². The first-order valence-corrected chi connectivity index (χ1v) is 15.9. The van der Waals surface area contributed by atoms with E-state index in [9.17, 15) is 19.6 Å². The standard InChI is InChI=1S/C35H37Cl2N3O5/c1-3-6-29(34(42)39-20-5-7-31(41)44-4-2)40-32(25-12-16-27(36)17-13-25)33(26-14-18-28(37)19-15-26)45-30(35(40)43)21-23-8-10-24(22-38)11-9-23/h8-19,29-30,32-33H,3-7,20-21H2,1-2H3,(H,39,42)/t29-,30+,32-,33+/m1/s1.